The smallest absolute Gasteiger partial charge is 0.328 e. The highest BCUT2D eigenvalue weighted by Crippen LogP contribution is 2.09. The molecule has 0 spiro atoms. The van der Waals surface area contributed by atoms with Crippen LogP contribution in [0.15, 0.2) is 6.20 Å². The summed E-state index contributed by atoms with van der Waals surface area (Å²) < 4.78 is 6.58. The summed E-state index contributed by atoms with van der Waals surface area (Å²) in [6.07, 6.45) is 6.43. The van der Waals surface area contributed by atoms with Crippen LogP contribution >= 0.6 is 0 Å². The molecule has 0 unspecified atom stereocenters. The van der Waals surface area contributed by atoms with E-state index in [1.54, 1.807) is 10.9 Å². The van der Waals surface area contributed by atoms with Crippen molar-refractivity contribution in [2.45, 2.75) is 70.0 Å². The molecule has 1 aromatic rings. The van der Waals surface area contributed by atoms with Crippen LogP contribution in [0.25, 0.3) is 0 Å². The molecule has 2 heterocycles. The van der Waals surface area contributed by atoms with Crippen molar-refractivity contribution in [2.75, 3.05) is 13.7 Å². The van der Waals surface area contributed by atoms with E-state index in [4.69, 9.17) is 10.5 Å². The molecule has 2 atom stereocenters. The molecule has 1 aromatic heterocycles. The van der Waals surface area contributed by atoms with E-state index in [0.717, 1.165) is 18.5 Å². The Hall–Kier alpha value is -2.49. The largest absolute Gasteiger partial charge is 0.467 e. The number of nitrogens with zero attached hydrogens (tertiary/aromatic N) is 3. The highest BCUT2D eigenvalue weighted by molar-refractivity contribution is 5.87. The molecule has 0 saturated carbocycles. The molecule has 2 rings (SSSR count). The molecular formula is C18H30N6O4. The van der Waals surface area contributed by atoms with Gasteiger partial charge in [-0.2, -0.15) is 0 Å². The van der Waals surface area contributed by atoms with Gasteiger partial charge < -0.3 is 21.1 Å². The Kier molecular flexibility index (Phi) is 8.86. The first-order chi connectivity index (χ1) is 13.5. The Morgan fingerprint density at radius 2 is 2.00 bits per heavy atom. The van der Waals surface area contributed by atoms with E-state index < -0.39 is 18.1 Å². The first-order valence-corrected chi connectivity index (χ1v) is 9.79. The third-order valence-electron chi connectivity index (χ3n) is 4.82. The first-order valence-electron chi connectivity index (χ1n) is 9.79. The van der Waals surface area contributed by atoms with E-state index in [1.807, 2.05) is 0 Å². The lowest BCUT2D eigenvalue weighted by molar-refractivity contribution is -0.145. The SMILES string of the molecule is COC(=O)[C@@H]1CCCCn2nncc2CCC(=O)NCCCC[C@H](N)C(=O)N1. The molecule has 1 aliphatic heterocycles. The number of esters is 1. The lowest BCUT2D eigenvalue weighted by Crippen LogP contribution is -2.48. The van der Waals surface area contributed by atoms with Crippen LogP contribution in [0.5, 0.6) is 0 Å². The normalized spacial score (nSPS) is 23.5. The molecule has 0 fully saturated rings. The van der Waals surface area contributed by atoms with Crippen LogP contribution in [0.1, 0.15) is 50.6 Å². The third kappa shape index (κ3) is 6.91. The van der Waals surface area contributed by atoms with Crippen LogP contribution < -0.4 is 16.4 Å². The summed E-state index contributed by atoms with van der Waals surface area (Å²) in [4.78, 5) is 36.2. The monoisotopic (exact) mass is 394 g/mol. The van der Waals surface area contributed by atoms with Crippen molar-refractivity contribution in [2.24, 2.45) is 5.73 Å². The molecule has 156 valence electrons. The lowest BCUT2D eigenvalue weighted by Gasteiger charge is -2.19. The Morgan fingerprint density at radius 3 is 2.79 bits per heavy atom. The van der Waals surface area contributed by atoms with Gasteiger partial charge in [-0.1, -0.05) is 5.21 Å². The fraction of sp³-hybridized carbons (Fsp3) is 0.722. The number of carbonyl (C=O) groups excluding carboxylic acids is 3. The Labute approximate surface area is 164 Å². The van der Waals surface area contributed by atoms with Crippen LogP contribution in [0.4, 0.5) is 0 Å². The average molecular weight is 394 g/mol. The molecule has 2 amide bonds. The van der Waals surface area contributed by atoms with Gasteiger partial charge in [-0.15, -0.1) is 5.10 Å². The predicted octanol–water partition coefficient (Wildman–Crippen LogP) is -0.334. The molecule has 0 radical (unpaired) electrons. The highest BCUT2D eigenvalue weighted by Gasteiger charge is 2.24. The summed E-state index contributed by atoms with van der Waals surface area (Å²) in [7, 11) is 1.30. The summed E-state index contributed by atoms with van der Waals surface area (Å²) >= 11 is 0. The van der Waals surface area contributed by atoms with E-state index >= 15 is 0 Å². The number of ether oxygens (including phenoxy) is 1. The molecule has 1 aliphatic rings. The molecule has 0 aromatic carbocycles. The van der Waals surface area contributed by atoms with Crippen LogP contribution in [0, 0.1) is 0 Å². The van der Waals surface area contributed by atoms with Crippen molar-refractivity contribution in [3.05, 3.63) is 11.9 Å². The van der Waals surface area contributed by atoms with Gasteiger partial charge in [0.25, 0.3) is 0 Å². The Bertz CT molecular complexity index is 662. The molecule has 4 N–H and O–H groups in total. The summed E-state index contributed by atoms with van der Waals surface area (Å²) in [6.45, 7) is 1.16. The number of carbonyl (C=O) groups is 3. The number of nitrogens with one attached hydrogen (secondary N) is 2. The number of amides is 2. The third-order valence-corrected chi connectivity index (χ3v) is 4.82. The quantitative estimate of drug-likeness (QED) is 0.554. The van der Waals surface area contributed by atoms with Gasteiger partial charge in [0.15, 0.2) is 0 Å². The van der Waals surface area contributed by atoms with Gasteiger partial charge in [0, 0.05) is 19.5 Å². The average Bonchev–Trinajstić information content (AvgIpc) is 3.14. The fourth-order valence-electron chi connectivity index (χ4n) is 3.12. The molecule has 28 heavy (non-hydrogen) atoms. The molecule has 0 saturated heterocycles. The Morgan fingerprint density at radius 1 is 1.21 bits per heavy atom. The van der Waals surface area contributed by atoms with Crippen molar-refractivity contribution in [3.63, 3.8) is 0 Å². The minimum atomic E-state index is -0.711. The zero-order chi connectivity index (χ0) is 20.4. The highest BCUT2D eigenvalue weighted by atomic mass is 16.5. The van der Waals surface area contributed by atoms with Crippen LogP contribution in [0.2, 0.25) is 0 Å². The molecule has 10 heteroatoms. The molecule has 10 nitrogen and oxygen atoms in total. The maximum atomic E-state index is 12.3. The Balaban J connectivity index is 2.02. The topological polar surface area (TPSA) is 141 Å². The van der Waals surface area contributed by atoms with Crippen LogP contribution in [-0.4, -0.2) is 58.5 Å². The summed E-state index contributed by atoms with van der Waals surface area (Å²) in [5.41, 5.74) is 6.83. The van der Waals surface area contributed by atoms with E-state index in [0.29, 0.717) is 51.6 Å². The van der Waals surface area contributed by atoms with Gasteiger partial charge in [-0.3, -0.25) is 9.59 Å². The van der Waals surface area contributed by atoms with E-state index in [-0.39, 0.29) is 11.8 Å². The number of aromatic nitrogens is 3. The maximum absolute atomic E-state index is 12.3. The van der Waals surface area contributed by atoms with Gasteiger partial charge in [0.05, 0.1) is 25.0 Å². The number of hydrogen-bond acceptors (Lipinski definition) is 7. The minimum Gasteiger partial charge on any atom is -0.467 e. The number of hydrogen-bond donors (Lipinski definition) is 3. The van der Waals surface area contributed by atoms with E-state index in [9.17, 15) is 14.4 Å². The van der Waals surface area contributed by atoms with Gasteiger partial charge in [-0.05, 0) is 44.9 Å². The van der Waals surface area contributed by atoms with Crippen molar-refractivity contribution in [3.8, 4) is 0 Å². The van der Waals surface area contributed by atoms with Crippen molar-refractivity contribution in [1.82, 2.24) is 25.6 Å². The van der Waals surface area contributed by atoms with Gasteiger partial charge in [0.1, 0.15) is 6.04 Å². The van der Waals surface area contributed by atoms with Gasteiger partial charge in [-0.25, -0.2) is 9.48 Å². The van der Waals surface area contributed by atoms with E-state index in [1.165, 1.54) is 7.11 Å². The fourth-order valence-corrected chi connectivity index (χ4v) is 3.12. The number of aryl methyl sites for hydroxylation is 2. The summed E-state index contributed by atoms with van der Waals surface area (Å²) in [5.74, 6) is -0.852. The lowest BCUT2D eigenvalue weighted by atomic mass is 10.1. The van der Waals surface area contributed by atoms with Crippen molar-refractivity contribution in [1.29, 1.82) is 0 Å². The molecule has 0 bridgehead atoms. The second-order valence-corrected chi connectivity index (χ2v) is 6.98. The van der Waals surface area contributed by atoms with Gasteiger partial charge in [0.2, 0.25) is 11.8 Å². The predicted molar refractivity (Wildman–Crippen MR) is 101 cm³/mol. The van der Waals surface area contributed by atoms with Crippen molar-refractivity contribution < 1.29 is 19.1 Å². The molecule has 0 aliphatic carbocycles. The standard InChI is InChI=1S/C18H30N6O4/c1-28-18(27)15-7-3-5-11-24-13(12-21-23-24)8-9-16(25)20-10-4-2-6-14(19)17(26)22-15/h12,14-15H,2-11,19H2,1H3,(H,20,25)(H,22,26)/t14-,15-/m0/s1. The maximum Gasteiger partial charge on any atom is 0.328 e. The van der Waals surface area contributed by atoms with E-state index in [2.05, 4.69) is 20.9 Å². The summed E-state index contributed by atoms with van der Waals surface area (Å²) in [5, 5.41) is 13.6. The summed E-state index contributed by atoms with van der Waals surface area (Å²) in [6, 6.07) is -1.41. The van der Waals surface area contributed by atoms with Crippen LogP contribution in [-0.2, 0) is 32.1 Å². The number of fused-ring (bicyclic) bond motifs is 1. The number of methoxy groups -OCH3 is 1. The minimum absolute atomic E-state index is 0.0168. The zero-order valence-electron chi connectivity index (χ0n) is 16.4. The second-order valence-electron chi connectivity index (χ2n) is 6.98. The zero-order valence-corrected chi connectivity index (χ0v) is 16.4. The van der Waals surface area contributed by atoms with Crippen LogP contribution in [0.3, 0.4) is 0 Å². The second kappa shape index (κ2) is 11.4. The number of nitrogens with two attached hydrogens (primary N) is 1. The number of rotatable bonds is 1. The molecular weight excluding hydrogens is 364 g/mol. The first kappa shape index (κ1) is 21.8. The van der Waals surface area contributed by atoms with Gasteiger partial charge >= 0.3 is 5.97 Å². The van der Waals surface area contributed by atoms with Crippen molar-refractivity contribution >= 4 is 17.8 Å².